The van der Waals surface area contributed by atoms with E-state index in [-0.39, 0.29) is 5.91 Å². The van der Waals surface area contributed by atoms with E-state index in [0.29, 0.717) is 6.10 Å². The van der Waals surface area contributed by atoms with Gasteiger partial charge in [0.25, 0.3) is 5.91 Å². The first-order chi connectivity index (χ1) is 12.2. The van der Waals surface area contributed by atoms with Crippen LogP contribution in [0.5, 0.6) is 0 Å². The Morgan fingerprint density at radius 3 is 2.64 bits per heavy atom. The van der Waals surface area contributed by atoms with E-state index in [1.807, 2.05) is 35.2 Å². The average Bonchev–Trinajstić information content (AvgIpc) is 2.64. The zero-order valence-corrected chi connectivity index (χ0v) is 16.5. The van der Waals surface area contributed by atoms with Gasteiger partial charge in [0.05, 0.1) is 6.10 Å². The molecular weight excluding hydrogens is 380 g/mol. The van der Waals surface area contributed by atoms with Gasteiger partial charge in [-0.1, -0.05) is 22.0 Å². The van der Waals surface area contributed by atoms with Crippen LogP contribution in [0.3, 0.4) is 0 Å². The predicted molar refractivity (Wildman–Crippen MR) is 106 cm³/mol. The van der Waals surface area contributed by atoms with E-state index >= 15 is 0 Å². The number of halogens is 1. The van der Waals surface area contributed by atoms with Crippen molar-refractivity contribution < 1.29 is 9.53 Å². The Balaban J connectivity index is 1.57. The molecule has 0 unspecified atom stereocenters. The summed E-state index contributed by atoms with van der Waals surface area (Å²) in [5, 5.41) is 3.39. The van der Waals surface area contributed by atoms with Gasteiger partial charge in [-0.15, -0.1) is 6.58 Å². The average molecular weight is 409 g/mol. The molecular formula is C20H29BrN2O2. The normalized spacial score (nSPS) is 15.3. The fraction of sp³-hybridized carbons (Fsp3) is 0.550. The zero-order valence-electron chi connectivity index (χ0n) is 14.9. The lowest BCUT2D eigenvalue weighted by Crippen LogP contribution is -2.41. The Morgan fingerprint density at radius 1 is 1.24 bits per heavy atom. The smallest absolute Gasteiger partial charge is 0.253 e. The first-order valence-corrected chi connectivity index (χ1v) is 9.98. The molecule has 1 aromatic carbocycles. The molecule has 1 aliphatic rings. The van der Waals surface area contributed by atoms with Gasteiger partial charge in [0.2, 0.25) is 0 Å². The molecule has 0 radical (unpaired) electrons. The van der Waals surface area contributed by atoms with Gasteiger partial charge in [-0.25, -0.2) is 0 Å². The lowest BCUT2D eigenvalue weighted by atomic mass is 10.1. The van der Waals surface area contributed by atoms with Crippen LogP contribution in [0, 0.1) is 0 Å². The highest BCUT2D eigenvalue weighted by Crippen LogP contribution is 2.18. The first-order valence-electron chi connectivity index (χ1n) is 9.19. The molecule has 1 saturated heterocycles. The van der Waals surface area contributed by atoms with Crippen molar-refractivity contribution in [2.45, 2.75) is 38.2 Å². The minimum atomic E-state index is 0.122. The molecule has 1 N–H and O–H groups in total. The van der Waals surface area contributed by atoms with E-state index in [1.165, 1.54) is 0 Å². The number of amides is 1. The van der Waals surface area contributed by atoms with Crippen LogP contribution in [0.4, 0.5) is 0 Å². The van der Waals surface area contributed by atoms with Crippen LogP contribution in [0.1, 0.15) is 42.5 Å². The van der Waals surface area contributed by atoms with Crippen LogP contribution >= 0.6 is 15.9 Å². The number of ether oxygens (including phenoxy) is 1. The molecule has 138 valence electrons. The first kappa shape index (κ1) is 20.1. The molecule has 1 aromatic rings. The fourth-order valence-corrected chi connectivity index (χ4v) is 3.20. The number of rotatable bonds is 10. The Hall–Kier alpha value is -1.17. The van der Waals surface area contributed by atoms with Crippen LogP contribution in [-0.4, -0.2) is 49.7 Å². The maximum Gasteiger partial charge on any atom is 0.253 e. The summed E-state index contributed by atoms with van der Waals surface area (Å²) >= 11 is 3.40. The molecule has 2 rings (SSSR count). The molecule has 0 saturated carbocycles. The summed E-state index contributed by atoms with van der Waals surface area (Å²) in [7, 11) is 0. The number of carbonyl (C=O) groups is 1. The molecule has 4 nitrogen and oxygen atoms in total. The molecule has 1 aliphatic heterocycles. The van der Waals surface area contributed by atoms with Gasteiger partial charge in [-0.3, -0.25) is 4.79 Å². The molecule has 0 spiro atoms. The number of benzene rings is 1. The van der Waals surface area contributed by atoms with Crippen molar-refractivity contribution >= 4 is 21.8 Å². The zero-order chi connectivity index (χ0) is 17.9. The van der Waals surface area contributed by atoms with E-state index < -0.39 is 0 Å². The van der Waals surface area contributed by atoms with Crippen molar-refractivity contribution in [1.82, 2.24) is 10.2 Å². The van der Waals surface area contributed by atoms with Crippen LogP contribution in [0.25, 0.3) is 0 Å². The highest BCUT2D eigenvalue weighted by molar-refractivity contribution is 9.10. The topological polar surface area (TPSA) is 41.6 Å². The number of hydrogen-bond acceptors (Lipinski definition) is 3. The van der Waals surface area contributed by atoms with E-state index in [2.05, 4.69) is 27.8 Å². The SMILES string of the molecule is C=CCCNCCCCOC1CCN(C(=O)c2ccc(Br)cc2)CC1. The molecule has 0 atom stereocenters. The maximum atomic E-state index is 12.5. The molecule has 5 heteroatoms. The second-order valence-corrected chi connectivity index (χ2v) is 7.32. The lowest BCUT2D eigenvalue weighted by Gasteiger charge is -2.32. The van der Waals surface area contributed by atoms with Gasteiger partial charge in [-0.2, -0.15) is 0 Å². The second-order valence-electron chi connectivity index (χ2n) is 6.40. The van der Waals surface area contributed by atoms with Crippen molar-refractivity contribution in [2.24, 2.45) is 0 Å². The molecule has 0 bridgehead atoms. The van der Waals surface area contributed by atoms with Crippen LogP contribution < -0.4 is 5.32 Å². The van der Waals surface area contributed by atoms with Crippen LogP contribution in [0.15, 0.2) is 41.4 Å². The third-order valence-electron chi connectivity index (χ3n) is 4.45. The van der Waals surface area contributed by atoms with Crippen molar-refractivity contribution in [3.63, 3.8) is 0 Å². The monoisotopic (exact) mass is 408 g/mol. The van der Waals surface area contributed by atoms with E-state index in [9.17, 15) is 4.79 Å². The van der Waals surface area contributed by atoms with Crippen LogP contribution in [-0.2, 0) is 4.74 Å². The summed E-state index contributed by atoms with van der Waals surface area (Å²) < 4.78 is 6.96. The Labute approximate surface area is 159 Å². The Kier molecular flexibility index (Phi) is 9.22. The highest BCUT2D eigenvalue weighted by Gasteiger charge is 2.23. The summed E-state index contributed by atoms with van der Waals surface area (Å²) in [5.41, 5.74) is 0.756. The number of nitrogens with one attached hydrogen (secondary N) is 1. The summed E-state index contributed by atoms with van der Waals surface area (Å²) in [5.74, 6) is 0.122. The van der Waals surface area contributed by atoms with Crippen molar-refractivity contribution in [1.29, 1.82) is 0 Å². The molecule has 1 fully saturated rings. The molecule has 25 heavy (non-hydrogen) atoms. The van der Waals surface area contributed by atoms with E-state index in [4.69, 9.17) is 4.74 Å². The number of piperidine rings is 1. The van der Waals surface area contributed by atoms with Crippen LogP contribution in [0.2, 0.25) is 0 Å². The second kappa shape index (κ2) is 11.4. The third kappa shape index (κ3) is 7.30. The van der Waals surface area contributed by atoms with Gasteiger partial charge in [0.15, 0.2) is 0 Å². The van der Waals surface area contributed by atoms with E-state index in [0.717, 1.165) is 74.9 Å². The number of hydrogen-bond donors (Lipinski definition) is 1. The summed E-state index contributed by atoms with van der Waals surface area (Å²) in [6.45, 7) is 8.13. The Morgan fingerprint density at radius 2 is 1.96 bits per heavy atom. The minimum absolute atomic E-state index is 0.122. The molecule has 0 aliphatic carbocycles. The quantitative estimate of drug-likeness (QED) is 0.469. The molecule has 1 amide bonds. The highest BCUT2D eigenvalue weighted by atomic mass is 79.9. The van der Waals surface area contributed by atoms with Crippen molar-refractivity contribution in [3.8, 4) is 0 Å². The lowest BCUT2D eigenvalue weighted by molar-refractivity contribution is 0.00737. The standard InChI is InChI=1S/C20H29BrN2O2/c1-2-3-12-22-13-4-5-16-25-19-10-14-23(15-11-19)20(24)17-6-8-18(21)9-7-17/h2,6-9,19,22H,1,3-5,10-16H2. The third-order valence-corrected chi connectivity index (χ3v) is 4.98. The number of nitrogens with zero attached hydrogens (tertiary/aromatic N) is 1. The Bertz CT molecular complexity index is 525. The summed E-state index contributed by atoms with van der Waals surface area (Å²) in [6, 6.07) is 7.57. The van der Waals surface area contributed by atoms with Gasteiger partial charge in [0.1, 0.15) is 0 Å². The van der Waals surface area contributed by atoms with Crippen molar-refractivity contribution in [2.75, 3.05) is 32.8 Å². The van der Waals surface area contributed by atoms with E-state index in [1.54, 1.807) is 0 Å². The maximum absolute atomic E-state index is 12.5. The summed E-state index contributed by atoms with van der Waals surface area (Å²) in [6.07, 6.45) is 7.33. The van der Waals surface area contributed by atoms with Gasteiger partial charge in [0, 0.05) is 29.7 Å². The number of carbonyl (C=O) groups excluding carboxylic acids is 1. The largest absolute Gasteiger partial charge is 0.378 e. The molecule has 0 aromatic heterocycles. The fourth-order valence-electron chi connectivity index (χ4n) is 2.93. The molecule has 1 heterocycles. The number of likely N-dealkylation sites (tertiary alicyclic amines) is 1. The summed E-state index contributed by atoms with van der Waals surface area (Å²) in [4.78, 5) is 14.4. The van der Waals surface area contributed by atoms with Crippen molar-refractivity contribution in [3.05, 3.63) is 47.0 Å². The minimum Gasteiger partial charge on any atom is -0.378 e. The predicted octanol–water partition coefficient (Wildman–Crippen LogP) is 4.02. The number of unbranched alkanes of at least 4 members (excludes halogenated alkanes) is 1. The van der Waals surface area contributed by atoms with Gasteiger partial charge in [-0.05, 0) is 69.5 Å². The van der Waals surface area contributed by atoms with Gasteiger partial charge < -0.3 is 15.0 Å². The van der Waals surface area contributed by atoms with Gasteiger partial charge >= 0.3 is 0 Å².